The number of amides is 2. The average Bonchev–Trinajstić information content (AvgIpc) is 3.03. The predicted octanol–water partition coefficient (Wildman–Crippen LogP) is 2.25. The molecular formula is C18H26N4O2S. The molecule has 2 atom stereocenters. The Kier molecular flexibility index (Phi) is 7.21. The molecule has 0 aliphatic carbocycles. The largest absolute Gasteiger partial charge is 0.493 e. The highest BCUT2D eigenvalue weighted by molar-refractivity contribution is 7.07. The lowest BCUT2D eigenvalue weighted by Gasteiger charge is -2.25. The molecule has 0 radical (unpaired) electrons. The van der Waals surface area contributed by atoms with Gasteiger partial charge in [0.2, 0.25) is 5.88 Å². The van der Waals surface area contributed by atoms with Gasteiger partial charge in [0, 0.05) is 30.9 Å². The Morgan fingerprint density at radius 2 is 2.12 bits per heavy atom. The Morgan fingerprint density at radius 1 is 1.32 bits per heavy atom. The molecule has 6 nitrogen and oxygen atoms in total. The van der Waals surface area contributed by atoms with Crippen LogP contribution in [0.4, 0.5) is 4.79 Å². The lowest BCUT2D eigenvalue weighted by atomic mass is 10.1. The van der Waals surface area contributed by atoms with Crippen molar-refractivity contribution in [1.82, 2.24) is 20.5 Å². The van der Waals surface area contributed by atoms with Gasteiger partial charge in [0.05, 0.1) is 0 Å². The third kappa shape index (κ3) is 6.72. The van der Waals surface area contributed by atoms with Crippen molar-refractivity contribution in [1.29, 1.82) is 0 Å². The van der Waals surface area contributed by atoms with E-state index in [9.17, 15) is 9.90 Å². The van der Waals surface area contributed by atoms with E-state index in [1.165, 1.54) is 5.56 Å². The number of pyridine rings is 1. The van der Waals surface area contributed by atoms with Gasteiger partial charge in [0.1, 0.15) is 0 Å². The molecule has 2 rings (SSSR count). The van der Waals surface area contributed by atoms with Crippen LogP contribution in [0.3, 0.4) is 0 Å². The third-order valence-corrected chi connectivity index (χ3v) is 4.74. The van der Waals surface area contributed by atoms with Gasteiger partial charge in [-0.15, -0.1) is 0 Å². The quantitative estimate of drug-likeness (QED) is 0.673. The Labute approximate surface area is 152 Å². The van der Waals surface area contributed by atoms with E-state index in [4.69, 9.17) is 0 Å². The Morgan fingerprint density at radius 3 is 2.76 bits per heavy atom. The zero-order valence-corrected chi connectivity index (χ0v) is 15.7. The summed E-state index contributed by atoms with van der Waals surface area (Å²) in [6.45, 7) is 2.52. The number of hydrogen-bond donors (Lipinski definition) is 3. The molecule has 0 saturated carbocycles. The van der Waals surface area contributed by atoms with Crippen LogP contribution in [0.25, 0.3) is 0 Å². The first-order valence-electron chi connectivity index (χ1n) is 8.30. The number of likely N-dealkylation sites (N-methyl/N-ethyl adjacent to an activating group) is 1. The molecular weight excluding hydrogens is 336 g/mol. The fourth-order valence-corrected chi connectivity index (χ4v) is 3.28. The van der Waals surface area contributed by atoms with Gasteiger partial charge in [0.15, 0.2) is 0 Å². The molecule has 2 aromatic heterocycles. The number of urea groups is 1. The van der Waals surface area contributed by atoms with Crippen molar-refractivity contribution in [3.05, 3.63) is 46.3 Å². The molecule has 0 aliphatic heterocycles. The van der Waals surface area contributed by atoms with Crippen LogP contribution in [0.2, 0.25) is 0 Å². The molecule has 2 unspecified atom stereocenters. The van der Waals surface area contributed by atoms with Gasteiger partial charge in [-0.2, -0.15) is 11.3 Å². The Hall–Kier alpha value is -2.12. The fraction of sp³-hybridized carbons (Fsp3) is 0.444. The van der Waals surface area contributed by atoms with Crippen LogP contribution < -0.4 is 10.6 Å². The standard InChI is InChI=1S/C18H26N4O2S/c1-13(8-15-5-7-25-12-15)21-18(24)20-11-16(22(2)3)9-14-4-6-19-17(23)10-14/h4-7,10,12-13,16H,8-9,11H2,1-3H3,(H,19,23)(H2,20,21,24). The van der Waals surface area contributed by atoms with Gasteiger partial charge in [-0.3, -0.25) is 0 Å². The lowest BCUT2D eigenvalue weighted by Crippen LogP contribution is -2.47. The van der Waals surface area contributed by atoms with E-state index in [-0.39, 0.29) is 24.0 Å². The number of carbonyl (C=O) groups is 1. The summed E-state index contributed by atoms with van der Waals surface area (Å²) in [5.41, 5.74) is 2.22. The minimum Gasteiger partial charge on any atom is -0.493 e. The van der Waals surface area contributed by atoms with Gasteiger partial charge in [-0.1, -0.05) is 0 Å². The first-order chi connectivity index (χ1) is 11.9. The van der Waals surface area contributed by atoms with Crippen molar-refractivity contribution >= 4 is 17.4 Å². The fourth-order valence-electron chi connectivity index (χ4n) is 2.60. The molecule has 0 fully saturated rings. The van der Waals surface area contributed by atoms with E-state index < -0.39 is 0 Å². The van der Waals surface area contributed by atoms with E-state index in [2.05, 4.69) is 32.0 Å². The van der Waals surface area contributed by atoms with Crippen LogP contribution in [-0.4, -0.2) is 53.7 Å². The summed E-state index contributed by atoms with van der Waals surface area (Å²) < 4.78 is 0. The highest BCUT2D eigenvalue weighted by Gasteiger charge is 2.15. The van der Waals surface area contributed by atoms with E-state index in [1.807, 2.05) is 32.5 Å². The minimum absolute atomic E-state index is 0.0166. The maximum absolute atomic E-state index is 12.1. The Bertz CT molecular complexity index is 661. The van der Waals surface area contributed by atoms with E-state index in [0.717, 1.165) is 12.0 Å². The molecule has 2 heterocycles. The van der Waals surface area contributed by atoms with Gasteiger partial charge in [0.25, 0.3) is 0 Å². The second kappa shape index (κ2) is 9.39. The highest BCUT2D eigenvalue weighted by atomic mass is 32.1. The lowest BCUT2D eigenvalue weighted by molar-refractivity contribution is 0.229. The van der Waals surface area contributed by atoms with E-state index in [1.54, 1.807) is 23.6 Å². The monoisotopic (exact) mass is 362 g/mol. The average molecular weight is 362 g/mol. The SMILES string of the molecule is CC(Cc1ccsc1)NC(=O)NCC(Cc1ccnc(O)c1)N(C)C. The maximum Gasteiger partial charge on any atom is 0.315 e. The minimum atomic E-state index is -0.160. The van der Waals surface area contributed by atoms with Crippen LogP contribution in [0.1, 0.15) is 18.1 Å². The molecule has 0 saturated heterocycles. The normalized spacial score (nSPS) is 13.4. The first-order valence-corrected chi connectivity index (χ1v) is 9.24. The molecule has 2 aromatic rings. The number of aromatic nitrogens is 1. The maximum atomic E-state index is 12.1. The van der Waals surface area contributed by atoms with Crippen molar-refractivity contribution in [2.45, 2.75) is 31.8 Å². The van der Waals surface area contributed by atoms with Gasteiger partial charge in [-0.25, -0.2) is 9.78 Å². The van der Waals surface area contributed by atoms with Crippen molar-refractivity contribution in [3.8, 4) is 5.88 Å². The third-order valence-electron chi connectivity index (χ3n) is 4.01. The second-order valence-electron chi connectivity index (χ2n) is 6.43. The zero-order valence-electron chi connectivity index (χ0n) is 14.9. The molecule has 2 amide bonds. The number of rotatable bonds is 8. The number of carbonyl (C=O) groups excluding carboxylic acids is 1. The van der Waals surface area contributed by atoms with Crippen molar-refractivity contribution < 1.29 is 9.90 Å². The summed E-state index contributed by atoms with van der Waals surface area (Å²) >= 11 is 1.66. The molecule has 7 heteroatoms. The predicted molar refractivity (Wildman–Crippen MR) is 101 cm³/mol. The number of nitrogens with one attached hydrogen (secondary N) is 2. The summed E-state index contributed by atoms with van der Waals surface area (Å²) in [4.78, 5) is 18.0. The van der Waals surface area contributed by atoms with Gasteiger partial charge in [-0.05, 0) is 67.9 Å². The number of hydrogen-bond acceptors (Lipinski definition) is 5. The summed E-state index contributed by atoms with van der Waals surface area (Å²) in [6, 6.07) is 5.64. The molecule has 0 aromatic carbocycles. The van der Waals surface area contributed by atoms with Gasteiger partial charge < -0.3 is 20.6 Å². The molecule has 3 N–H and O–H groups in total. The van der Waals surface area contributed by atoms with Crippen molar-refractivity contribution in [2.24, 2.45) is 0 Å². The van der Waals surface area contributed by atoms with Crippen LogP contribution >= 0.6 is 11.3 Å². The van der Waals surface area contributed by atoms with Crippen LogP contribution in [0.5, 0.6) is 5.88 Å². The number of aromatic hydroxyl groups is 1. The highest BCUT2D eigenvalue weighted by Crippen LogP contribution is 2.11. The summed E-state index contributed by atoms with van der Waals surface area (Å²) in [7, 11) is 3.95. The summed E-state index contributed by atoms with van der Waals surface area (Å²) in [5, 5.41) is 19.5. The first kappa shape index (κ1) is 19.2. The van der Waals surface area contributed by atoms with Crippen molar-refractivity contribution in [3.63, 3.8) is 0 Å². The molecule has 0 bridgehead atoms. The smallest absolute Gasteiger partial charge is 0.315 e. The molecule has 136 valence electrons. The van der Waals surface area contributed by atoms with Crippen LogP contribution in [-0.2, 0) is 12.8 Å². The molecule has 25 heavy (non-hydrogen) atoms. The van der Waals surface area contributed by atoms with Gasteiger partial charge >= 0.3 is 6.03 Å². The van der Waals surface area contributed by atoms with E-state index in [0.29, 0.717) is 13.0 Å². The topological polar surface area (TPSA) is 77.5 Å². The summed E-state index contributed by atoms with van der Waals surface area (Å²) in [6.07, 6.45) is 3.13. The van der Waals surface area contributed by atoms with Crippen LogP contribution in [0, 0.1) is 0 Å². The van der Waals surface area contributed by atoms with Crippen molar-refractivity contribution in [2.75, 3.05) is 20.6 Å². The van der Waals surface area contributed by atoms with Crippen LogP contribution in [0.15, 0.2) is 35.2 Å². The zero-order chi connectivity index (χ0) is 18.2. The summed E-state index contributed by atoms with van der Waals surface area (Å²) in [5.74, 6) is 0.0166. The number of nitrogens with zero attached hydrogens (tertiary/aromatic N) is 2. The second-order valence-corrected chi connectivity index (χ2v) is 7.22. The van der Waals surface area contributed by atoms with E-state index >= 15 is 0 Å². The Balaban J connectivity index is 1.80. The molecule has 0 spiro atoms. The molecule has 0 aliphatic rings. The number of thiophene rings is 1.